The van der Waals surface area contributed by atoms with Crippen LogP contribution in [0.2, 0.25) is 0 Å². The minimum absolute atomic E-state index is 0.00231. The van der Waals surface area contributed by atoms with E-state index in [1.807, 2.05) is 0 Å². The molecule has 13 heavy (non-hydrogen) atoms. The first-order valence-electron chi connectivity index (χ1n) is 3.51. The maximum atomic E-state index is 10.5. The van der Waals surface area contributed by atoms with Crippen LogP contribution in [0.15, 0.2) is 12.1 Å². The van der Waals surface area contributed by atoms with Crippen molar-refractivity contribution in [2.24, 2.45) is 0 Å². The van der Waals surface area contributed by atoms with Crippen molar-refractivity contribution in [3.63, 3.8) is 0 Å². The summed E-state index contributed by atoms with van der Waals surface area (Å²) in [5, 5.41) is 19.1. The fourth-order valence-electron chi connectivity index (χ4n) is 1.10. The molecule has 0 aliphatic carbocycles. The van der Waals surface area contributed by atoms with Crippen molar-refractivity contribution in [2.75, 3.05) is 5.73 Å². The van der Waals surface area contributed by atoms with Crippen LogP contribution in [0, 0.1) is 28.4 Å². The molecule has 0 spiro atoms. The fraction of sp³-hybridized carbons (Fsp3) is 0.125. The first-order chi connectivity index (χ1) is 6.06. The predicted molar refractivity (Wildman–Crippen MR) is 47.0 cm³/mol. The quantitative estimate of drug-likeness (QED) is 0.398. The Labute approximate surface area is 74.5 Å². The summed E-state index contributed by atoms with van der Waals surface area (Å²) in [4.78, 5) is 9.84. The molecular formula is C8H7N3O2. The lowest BCUT2D eigenvalue weighted by Crippen LogP contribution is -1.99. The van der Waals surface area contributed by atoms with E-state index in [9.17, 15) is 10.1 Å². The average Bonchev–Trinajstić information content (AvgIpc) is 2.01. The van der Waals surface area contributed by atoms with Gasteiger partial charge in [-0.3, -0.25) is 10.1 Å². The van der Waals surface area contributed by atoms with Crippen LogP contribution in [0.3, 0.4) is 0 Å². The molecule has 0 heterocycles. The normalized spacial score (nSPS) is 9.23. The van der Waals surface area contributed by atoms with E-state index in [-0.39, 0.29) is 16.9 Å². The number of hydrogen-bond donors (Lipinski definition) is 1. The number of nitrogens with two attached hydrogens (primary N) is 1. The molecule has 0 atom stereocenters. The molecule has 0 bridgehead atoms. The summed E-state index contributed by atoms with van der Waals surface area (Å²) in [5.41, 5.74) is 5.86. The van der Waals surface area contributed by atoms with Crippen molar-refractivity contribution >= 4 is 11.4 Å². The molecule has 0 saturated heterocycles. The maximum Gasteiger partial charge on any atom is 0.309 e. The van der Waals surface area contributed by atoms with Crippen molar-refractivity contribution in [2.45, 2.75) is 6.92 Å². The largest absolute Gasteiger partial charge is 0.393 e. The topological polar surface area (TPSA) is 92.9 Å². The molecule has 1 aromatic rings. The van der Waals surface area contributed by atoms with Crippen LogP contribution in [0.5, 0.6) is 0 Å². The van der Waals surface area contributed by atoms with Gasteiger partial charge in [0.1, 0.15) is 17.3 Å². The highest BCUT2D eigenvalue weighted by atomic mass is 16.6. The summed E-state index contributed by atoms with van der Waals surface area (Å²) in [6, 6.07) is 4.65. The van der Waals surface area contributed by atoms with E-state index in [1.165, 1.54) is 12.1 Å². The van der Waals surface area contributed by atoms with Gasteiger partial charge in [-0.05, 0) is 24.6 Å². The highest BCUT2D eigenvalue weighted by Gasteiger charge is 2.17. The minimum Gasteiger partial charge on any atom is -0.393 e. The molecule has 0 aliphatic rings. The van der Waals surface area contributed by atoms with Gasteiger partial charge < -0.3 is 5.73 Å². The van der Waals surface area contributed by atoms with E-state index in [4.69, 9.17) is 11.0 Å². The molecule has 5 nitrogen and oxygen atoms in total. The molecule has 66 valence electrons. The maximum absolute atomic E-state index is 10.5. The lowest BCUT2D eigenvalue weighted by atomic mass is 10.1. The SMILES string of the molecule is Cc1cc(N)c([N+](=O)[O-])c(C#N)c1. The summed E-state index contributed by atoms with van der Waals surface area (Å²) in [6.45, 7) is 1.72. The Morgan fingerprint density at radius 2 is 2.23 bits per heavy atom. The Balaban J connectivity index is 3.50. The molecule has 1 aromatic carbocycles. The van der Waals surface area contributed by atoms with Gasteiger partial charge in [-0.2, -0.15) is 5.26 Å². The van der Waals surface area contributed by atoms with E-state index in [2.05, 4.69) is 0 Å². The van der Waals surface area contributed by atoms with Crippen LogP contribution in [0.4, 0.5) is 11.4 Å². The van der Waals surface area contributed by atoms with Gasteiger partial charge in [-0.1, -0.05) is 0 Å². The molecule has 0 fully saturated rings. The van der Waals surface area contributed by atoms with E-state index >= 15 is 0 Å². The zero-order valence-corrected chi connectivity index (χ0v) is 6.94. The number of nitrogens with zero attached hydrogens (tertiary/aromatic N) is 2. The third kappa shape index (κ3) is 1.56. The number of nitro benzene ring substituents is 1. The van der Waals surface area contributed by atoms with Crippen LogP contribution in [-0.2, 0) is 0 Å². The van der Waals surface area contributed by atoms with Gasteiger partial charge in [0.05, 0.1) is 4.92 Å². The summed E-state index contributed by atoms with van der Waals surface area (Å²) >= 11 is 0. The molecule has 0 aliphatic heterocycles. The lowest BCUT2D eigenvalue weighted by Gasteiger charge is -2.00. The van der Waals surface area contributed by atoms with Crippen molar-refractivity contribution in [1.82, 2.24) is 0 Å². The minimum atomic E-state index is -0.646. The van der Waals surface area contributed by atoms with Gasteiger partial charge in [-0.25, -0.2) is 0 Å². The molecule has 2 N–H and O–H groups in total. The number of aryl methyl sites for hydroxylation is 1. The van der Waals surface area contributed by atoms with Gasteiger partial charge in [0.2, 0.25) is 0 Å². The zero-order chi connectivity index (χ0) is 10.0. The Morgan fingerprint density at radius 3 is 2.69 bits per heavy atom. The average molecular weight is 177 g/mol. The van der Waals surface area contributed by atoms with Crippen molar-refractivity contribution in [3.8, 4) is 6.07 Å². The highest BCUT2D eigenvalue weighted by molar-refractivity contribution is 5.67. The summed E-state index contributed by atoms with van der Waals surface area (Å²) in [5.74, 6) is 0. The first-order valence-corrected chi connectivity index (χ1v) is 3.51. The Kier molecular flexibility index (Phi) is 2.15. The van der Waals surface area contributed by atoms with Gasteiger partial charge in [0.25, 0.3) is 0 Å². The number of nitro groups is 1. The molecule has 0 unspecified atom stereocenters. The van der Waals surface area contributed by atoms with Crippen LogP contribution in [0.25, 0.3) is 0 Å². The van der Waals surface area contributed by atoms with Crippen LogP contribution in [-0.4, -0.2) is 4.92 Å². The first kappa shape index (κ1) is 9.00. The number of nitriles is 1. The van der Waals surface area contributed by atoms with E-state index in [0.29, 0.717) is 0 Å². The molecular weight excluding hydrogens is 170 g/mol. The Hall–Kier alpha value is -2.09. The Morgan fingerprint density at radius 1 is 1.62 bits per heavy atom. The lowest BCUT2D eigenvalue weighted by molar-refractivity contribution is -0.384. The van der Waals surface area contributed by atoms with Gasteiger partial charge in [0.15, 0.2) is 0 Å². The predicted octanol–water partition coefficient (Wildman–Crippen LogP) is 1.36. The second-order valence-corrected chi connectivity index (χ2v) is 2.62. The van der Waals surface area contributed by atoms with Gasteiger partial charge in [0, 0.05) is 0 Å². The number of nitrogen functional groups attached to an aromatic ring is 1. The summed E-state index contributed by atoms with van der Waals surface area (Å²) in [7, 11) is 0. The molecule has 1 rings (SSSR count). The molecule has 0 aromatic heterocycles. The molecule has 0 radical (unpaired) electrons. The van der Waals surface area contributed by atoms with E-state index in [0.717, 1.165) is 5.56 Å². The monoisotopic (exact) mass is 177 g/mol. The van der Waals surface area contributed by atoms with Crippen molar-refractivity contribution < 1.29 is 4.92 Å². The molecule has 5 heteroatoms. The van der Waals surface area contributed by atoms with Crippen molar-refractivity contribution in [1.29, 1.82) is 5.26 Å². The summed E-state index contributed by atoms with van der Waals surface area (Å²) < 4.78 is 0. The zero-order valence-electron chi connectivity index (χ0n) is 6.94. The number of anilines is 1. The summed E-state index contributed by atoms with van der Waals surface area (Å²) in [6.07, 6.45) is 0. The molecule has 0 amide bonds. The highest BCUT2D eigenvalue weighted by Crippen LogP contribution is 2.26. The number of rotatable bonds is 1. The Bertz CT molecular complexity index is 407. The van der Waals surface area contributed by atoms with Crippen LogP contribution >= 0.6 is 0 Å². The third-order valence-electron chi connectivity index (χ3n) is 1.59. The van der Waals surface area contributed by atoms with E-state index in [1.54, 1.807) is 13.0 Å². The van der Waals surface area contributed by atoms with Gasteiger partial charge >= 0.3 is 5.69 Å². The standard InChI is InChI=1S/C8H7N3O2/c1-5-2-6(4-9)8(11(12)13)7(10)3-5/h2-3H,10H2,1H3. The second kappa shape index (κ2) is 3.11. The van der Waals surface area contributed by atoms with Crippen LogP contribution in [0.1, 0.15) is 11.1 Å². The number of hydrogen-bond acceptors (Lipinski definition) is 4. The number of benzene rings is 1. The second-order valence-electron chi connectivity index (χ2n) is 2.62. The third-order valence-corrected chi connectivity index (χ3v) is 1.59. The molecule has 0 saturated carbocycles. The van der Waals surface area contributed by atoms with Gasteiger partial charge in [-0.15, -0.1) is 0 Å². The smallest absolute Gasteiger partial charge is 0.309 e. The van der Waals surface area contributed by atoms with E-state index < -0.39 is 4.92 Å². The fourth-order valence-corrected chi connectivity index (χ4v) is 1.10. The van der Waals surface area contributed by atoms with Crippen LogP contribution < -0.4 is 5.73 Å². The van der Waals surface area contributed by atoms with Crippen molar-refractivity contribution in [3.05, 3.63) is 33.4 Å².